The van der Waals surface area contributed by atoms with Crippen molar-refractivity contribution in [2.45, 2.75) is 12.2 Å². The van der Waals surface area contributed by atoms with Gasteiger partial charge in [-0.2, -0.15) is 0 Å². The van der Waals surface area contributed by atoms with Crippen LogP contribution in [0.3, 0.4) is 0 Å². The van der Waals surface area contributed by atoms with E-state index in [1.54, 1.807) is 7.11 Å². The predicted octanol–water partition coefficient (Wildman–Crippen LogP) is 1.40. The van der Waals surface area contributed by atoms with Crippen molar-refractivity contribution in [1.29, 1.82) is 0 Å². The summed E-state index contributed by atoms with van der Waals surface area (Å²) in [5.41, 5.74) is 2.24. The molecule has 0 spiro atoms. The molecular formula is C12H17NO2S. The van der Waals surface area contributed by atoms with Crippen molar-refractivity contribution >= 4 is 10.8 Å². The molecule has 0 radical (unpaired) electrons. The van der Waals surface area contributed by atoms with E-state index in [4.69, 9.17) is 4.74 Å². The SMILES string of the molecule is COc1ccc(C)cc1C1CNCCS1=O. The minimum Gasteiger partial charge on any atom is -0.496 e. The van der Waals surface area contributed by atoms with Gasteiger partial charge in [0.05, 0.1) is 12.4 Å². The van der Waals surface area contributed by atoms with Crippen LogP contribution in [0, 0.1) is 6.92 Å². The lowest BCUT2D eigenvalue weighted by molar-refractivity contribution is 0.408. The minimum atomic E-state index is -0.792. The van der Waals surface area contributed by atoms with Crippen LogP contribution in [0.25, 0.3) is 0 Å². The smallest absolute Gasteiger partial charge is 0.123 e. The fraction of sp³-hybridized carbons (Fsp3) is 0.500. The molecule has 2 atom stereocenters. The Morgan fingerprint density at radius 2 is 2.31 bits per heavy atom. The van der Waals surface area contributed by atoms with Crippen molar-refractivity contribution < 1.29 is 8.95 Å². The third-order valence-electron chi connectivity index (χ3n) is 2.86. The highest BCUT2D eigenvalue weighted by Gasteiger charge is 2.25. The molecule has 3 nitrogen and oxygen atoms in total. The minimum absolute atomic E-state index is 0.0589. The van der Waals surface area contributed by atoms with Gasteiger partial charge in [0.2, 0.25) is 0 Å². The van der Waals surface area contributed by atoms with Gasteiger partial charge in [0.1, 0.15) is 5.75 Å². The van der Waals surface area contributed by atoms with Crippen LogP contribution in [0.4, 0.5) is 0 Å². The van der Waals surface area contributed by atoms with Crippen molar-refractivity contribution in [3.05, 3.63) is 29.3 Å². The Kier molecular flexibility index (Phi) is 3.61. The monoisotopic (exact) mass is 239 g/mol. The lowest BCUT2D eigenvalue weighted by atomic mass is 10.1. The van der Waals surface area contributed by atoms with Crippen LogP contribution < -0.4 is 10.1 Å². The average molecular weight is 239 g/mol. The van der Waals surface area contributed by atoms with Gasteiger partial charge in [-0.3, -0.25) is 4.21 Å². The summed E-state index contributed by atoms with van der Waals surface area (Å²) in [6.07, 6.45) is 0. The van der Waals surface area contributed by atoms with Gasteiger partial charge in [0.15, 0.2) is 0 Å². The molecule has 4 heteroatoms. The van der Waals surface area contributed by atoms with E-state index in [9.17, 15) is 4.21 Å². The van der Waals surface area contributed by atoms with E-state index in [-0.39, 0.29) is 5.25 Å². The van der Waals surface area contributed by atoms with Gasteiger partial charge < -0.3 is 10.1 Å². The van der Waals surface area contributed by atoms with Gasteiger partial charge >= 0.3 is 0 Å². The average Bonchev–Trinajstić information content (AvgIpc) is 2.29. The Balaban J connectivity index is 2.36. The Labute approximate surface area is 98.7 Å². The number of hydrogen-bond acceptors (Lipinski definition) is 3. The molecule has 16 heavy (non-hydrogen) atoms. The van der Waals surface area contributed by atoms with Crippen LogP contribution in [0.15, 0.2) is 18.2 Å². The first-order valence-corrected chi connectivity index (χ1v) is 6.83. The Hall–Kier alpha value is -0.870. The fourth-order valence-corrected chi connectivity index (χ4v) is 3.40. The molecule has 0 amide bonds. The third-order valence-corrected chi connectivity index (χ3v) is 4.52. The van der Waals surface area contributed by atoms with Crippen LogP contribution in [0.5, 0.6) is 5.75 Å². The lowest BCUT2D eigenvalue weighted by Crippen LogP contribution is -2.35. The highest BCUT2D eigenvalue weighted by Crippen LogP contribution is 2.30. The van der Waals surface area contributed by atoms with Crippen LogP contribution in [0.1, 0.15) is 16.4 Å². The van der Waals surface area contributed by atoms with E-state index in [1.807, 2.05) is 19.1 Å². The zero-order chi connectivity index (χ0) is 11.5. The molecule has 0 bridgehead atoms. The molecule has 1 aliphatic heterocycles. The van der Waals surface area contributed by atoms with Crippen LogP contribution in [-0.2, 0) is 10.8 Å². The quantitative estimate of drug-likeness (QED) is 0.847. The molecule has 1 N–H and O–H groups in total. The number of aryl methyl sites for hydroxylation is 1. The predicted molar refractivity (Wildman–Crippen MR) is 66.4 cm³/mol. The number of methoxy groups -OCH3 is 1. The summed E-state index contributed by atoms with van der Waals surface area (Å²) in [5.74, 6) is 1.56. The van der Waals surface area contributed by atoms with Crippen LogP contribution in [-0.4, -0.2) is 30.2 Å². The zero-order valence-electron chi connectivity index (χ0n) is 9.66. The van der Waals surface area contributed by atoms with Crippen LogP contribution in [0.2, 0.25) is 0 Å². The highest BCUT2D eigenvalue weighted by atomic mass is 32.2. The topological polar surface area (TPSA) is 38.3 Å². The van der Waals surface area contributed by atoms with E-state index >= 15 is 0 Å². The van der Waals surface area contributed by atoms with Gasteiger partial charge in [0.25, 0.3) is 0 Å². The number of nitrogens with one attached hydrogen (secondary N) is 1. The number of ether oxygens (including phenoxy) is 1. The zero-order valence-corrected chi connectivity index (χ0v) is 10.5. The first kappa shape index (κ1) is 11.6. The molecule has 0 aromatic heterocycles. The summed E-state index contributed by atoms with van der Waals surface area (Å²) in [5, 5.41) is 3.34. The summed E-state index contributed by atoms with van der Waals surface area (Å²) < 4.78 is 17.3. The molecular weight excluding hydrogens is 222 g/mol. The molecule has 0 aliphatic carbocycles. The van der Waals surface area contributed by atoms with Gasteiger partial charge in [-0.15, -0.1) is 0 Å². The summed E-state index contributed by atoms with van der Waals surface area (Å²) in [4.78, 5) is 0. The second-order valence-electron chi connectivity index (χ2n) is 4.02. The third kappa shape index (κ3) is 2.28. The van der Waals surface area contributed by atoms with E-state index in [1.165, 1.54) is 5.56 Å². The fourth-order valence-electron chi connectivity index (χ4n) is 2.00. The maximum absolute atomic E-state index is 12.0. The standard InChI is InChI=1S/C12H17NO2S/c1-9-3-4-11(15-2)10(7-9)12-8-13-5-6-16(12)14/h3-4,7,12-13H,5-6,8H2,1-2H3. The molecule has 0 saturated carbocycles. The first-order chi connectivity index (χ1) is 7.72. The van der Waals surface area contributed by atoms with Gasteiger partial charge in [-0.1, -0.05) is 17.7 Å². The summed E-state index contributed by atoms with van der Waals surface area (Å²) >= 11 is 0. The first-order valence-electron chi connectivity index (χ1n) is 5.45. The van der Waals surface area contributed by atoms with Crippen molar-refractivity contribution in [3.63, 3.8) is 0 Å². The van der Waals surface area contributed by atoms with Crippen molar-refractivity contribution in [2.24, 2.45) is 0 Å². The van der Waals surface area contributed by atoms with Gasteiger partial charge in [0, 0.05) is 35.2 Å². The van der Waals surface area contributed by atoms with Gasteiger partial charge in [-0.05, 0) is 13.0 Å². The number of hydrogen-bond donors (Lipinski definition) is 1. The molecule has 1 aromatic rings. The molecule has 88 valence electrons. The Morgan fingerprint density at radius 1 is 1.50 bits per heavy atom. The molecule has 1 aliphatic rings. The summed E-state index contributed by atoms with van der Waals surface area (Å²) in [6.45, 7) is 3.66. The van der Waals surface area contributed by atoms with Crippen molar-refractivity contribution in [1.82, 2.24) is 5.32 Å². The van der Waals surface area contributed by atoms with E-state index in [0.717, 1.165) is 30.2 Å². The molecule has 1 fully saturated rings. The molecule has 2 unspecified atom stereocenters. The maximum atomic E-state index is 12.0. The normalized spacial score (nSPS) is 25.4. The summed E-state index contributed by atoms with van der Waals surface area (Å²) in [7, 11) is 0.868. The second kappa shape index (κ2) is 4.97. The number of rotatable bonds is 2. The molecule has 2 rings (SSSR count). The van der Waals surface area contributed by atoms with Crippen molar-refractivity contribution in [2.75, 3.05) is 26.0 Å². The second-order valence-corrected chi connectivity index (χ2v) is 5.76. The number of benzene rings is 1. The van der Waals surface area contributed by atoms with E-state index in [0.29, 0.717) is 0 Å². The molecule has 1 saturated heterocycles. The summed E-state index contributed by atoms with van der Waals surface area (Å²) in [6, 6.07) is 6.05. The largest absolute Gasteiger partial charge is 0.496 e. The highest BCUT2D eigenvalue weighted by molar-refractivity contribution is 7.85. The Bertz CT molecular complexity index is 406. The molecule has 1 aromatic carbocycles. The lowest BCUT2D eigenvalue weighted by Gasteiger charge is -2.24. The van der Waals surface area contributed by atoms with Crippen molar-refractivity contribution in [3.8, 4) is 5.75 Å². The van der Waals surface area contributed by atoms with Gasteiger partial charge in [-0.25, -0.2) is 0 Å². The van der Waals surface area contributed by atoms with Crippen LogP contribution >= 0.6 is 0 Å². The van der Waals surface area contributed by atoms with E-state index < -0.39 is 10.8 Å². The Morgan fingerprint density at radius 3 is 3.00 bits per heavy atom. The maximum Gasteiger partial charge on any atom is 0.123 e. The molecule has 1 heterocycles. The van der Waals surface area contributed by atoms with E-state index in [2.05, 4.69) is 11.4 Å².